The van der Waals surface area contributed by atoms with Gasteiger partial charge >= 0.3 is 6.18 Å². The van der Waals surface area contributed by atoms with E-state index in [1.807, 2.05) is 0 Å². The number of fused-ring (bicyclic) bond motifs is 3. The van der Waals surface area contributed by atoms with Gasteiger partial charge in [0.2, 0.25) is 5.88 Å². The van der Waals surface area contributed by atoms with Gasteiger partial charge in [-0.3, -0.25) is 0 Å². The molecule has 0 radical (unpaired) electrons. The number of piperidine rings is 1. The summed E-state index contributed by atoms with van der Waals surface area (Å²) < 4.78 is 56.0. The summed E-state index contributed by atoms with van der Waals surface area (Å²) in [6.45, 7) is 0.186. The minimum Gasteiger partial charge on any atom is -0.472 e. The topological polar surface area (TPSA) is 34.2 Å². The molecule has 0 spiro atoms. The number of pyridine rings is 1. The molecule has 0 saturated carbocycles. The van der Waals surface area contributed by atoms with E-state index in [9.17, 15) is 17.6 Å². The van der Waals surface area contributed by atoms with Gasteiger partial charge in [0.15, 0.2) is 0 Å². The molecule has 2 aliphatic rings. The summed E-state index contributed by atoms with van der Waals surface area (Å²) in [4.78, 5) is 3.46. The largest absolute Gasteiger partial charge is 0.472 e. The molecule has 0 amide bonds. The zero-order valence-corrected chi connectivity index (χ0v) is 9.17. The highest BCUT2D eigenvalue weighted by Gasteiger charge is 2.42. The van der Waals surface area contributed by atoms with Gasteiger partial charge in [0.1, 0.15) is 18.0 Å². The van der Waals surface area contributed by atoms with Crippen LogP contribution in [0.4, 0.5) is 17.6 Å². The van der Waals surface area contributed by atoms with E-state index >= 15 is 0 Å². The highest BCUT2D eigenvalue weighted by molar-refractivity contribution is 5.37. The fourth-order valence-corrected chi connectivity index (χ4v) is 2.37. The number of aromatic nitrogens is 1. The van der Waals surface area contributed by atoms with E-state index in [1.54, 1.807) is 0 Å². The standard InChI is InChI=1S/C11H10F4N2O/c12-5-3-7-9(16-4-5)6-1-2-8(11(13,14)15)17-10(6)18-7/h1-2,5,7,9,16H,3-4H2/t5-,7+,9+/m1/s1. The van der Waals surface area contributed by atoms with E-state index in [-0.39, 0.29) is 24.9 Å². The maximum absolute atomic E-state index is 13.2. The van der Waals surface area contributed by atoms with Crippen LogP contribution in [0, 0.1) is 0 Å². The van der Waals surface area contributed by atoms with Crippen LogP contribution in [0.5, 0.6) is 5.88 Å². The molecule has 0 aromatic carbocycles. The normalized spacial score (nSPS) is 30.6. The average Bonchev–Trinajstić information content (AvgIpc) is 2.63. The van der Waals surface area contributed by atoms with Crippen molar-refractivity contribution in [1.29, 1.82) is 0 Å². The lowest BCUT2D eigenvalue weighted by Crippen LogP contribution is -2.42. The highest BCUT2D eigenvalue weighted by atomic mass is 19.4. The van der Waals surface area contributed by atoms with Crippen LogP contribution in [0.25, 0.3) is 0 Å². The van der Waals surface area contributed by atoms with Crippen molar-refractivity contribution in [3.05, 3.63) is 23.4 Å². The first kappa shape index (κ1) is 11.7. The van der Waals surface area contributed by atoms with Crippen molar-refractivity contribution in [3.8, 4) is 5.88 Å². The predicted octanol–water partition coefficient (Wildman–Crippen LogP) is 2.23. The van der Waals surface area contributed by atoms with E-state index in [1.165, 1.54) is 6.07 Å². The van der Waals surface area contributed by atoms with Gasteiger partial charge in [0, 0.05) is 18.5 Å². The summed E-state index contributed by atoms with van der Waals surface area (Å²) >= 11 is 0. The summed E-state index contributed by atoms with van der Waals surface area (Å²) in [6.07, 6.45) is -5.83. The fourth-order valence-electron chi connectivity index (χ4n) is 2.37. The summed E-state index contributed by atoms with van der Waals surface area (Å²) in [5, 5.41) is 2.92. The van der Waals surface area contributed by atoms with Gasteiger partial charge in [-0.05, 0) is 12.1 Å². The number of hydrogen-bond donors (Lipinski definition) is 1. The molecule has 1 aromatic rings. The Balaban J connectivity index is 1.93. The predicted molar refractivity (Wildman–Crippen MR) is 53.9 cm³/mol. The molecule has 0 aliphatic carbocycles. The van der Waals surface area contributed by atoms with Crippen LogP contribution < -0.4 is 10.1 Å². The smallest absolute Gasteiger partial charge is 0.433 e. The van der Waals surface area contributed by atoms with Crippen LogP contribution >= 0.6 is 0 Å². The average molecular weight is 262 g/mol. The molecule has 3 nitrogen and oxygen atoms in total. The van der Waals surface area contributed by atoms with Crippen LogP contribution in [0.2, 0.25) is 0 Å². The van der Waals surface area contributed by atoms with E-state index in [0.29, 0.717) is 5.56 Å². The summed E-state index contributed by atoms with van der Waals surface area (Å²) in [7, 11) is 0. The number of nitrogens with zero attached hydrogens (tertiary/aromatic N) is 1. The zero-order chi connectivity index (χ0) is 12.9. The first-order valence-electron chi connectivity index (χ1n) is 5.57. The molecule has 7 heteroatoms. The summed E-state index contributed by atoms with van der Waals surface area (Å²) in [6, 6.07) is 2.01. The Morgan fingerprint density at radius 3 is 2.83 bits per heavy atom. The van der Waals surface area contributed by atoms with Gasteiger partial charge in [-0.1, -0.05) is 0 Å². The highest BCUT2D eigenvalue weighted by Crippen LogP contribution is 2.41. The van der Waals surface area contributed by atoms with Gasteiger partial charge in [-0.2, -0.15) is 13.2 Å². The van der Waals surface area contributed by atoms with Gasteiger partial charge in [0.05, 0.1) is 6.04 Å². The quantitative estimate of drug-likeness (QED) is 0.728. The monoisotopic (exact) mass is 262 g/mol. The lowest BCUT2D eigenvalue weighted by molar-refractivity contribution is -0.141. The molecule has 3 heterocycles. The van der Waals surface area contributed by atoms with Crippen molar-refractivity contribution in [3.63, 3.8) is 0 Å². The van der Waals surface area contributed by atoms with Gasteiger partial charge in [-0.15, -0.1) is 0 Å². The fraction of sp³-hybridized carbons (Fsp3) is 0.545. The zero-order valence-electron chi connectivity index (χ0n) is 9.17. The second kappa shape index (κ2) is 3.81. The third-order valence-corrected chi connectivity index (χ3v) is 3.20. The number of alkyl halides is 4. The van der Waals surface area contributed by atoms with Gasteiger partial charge < -0.3 is 10.1 Å². The van der Waals surface area contributed by atoms with Crippen molar-refractivity contribution in [1.82, 2.24) is 10.3 Å². The molecular weight excluding hydrogens is 252 g/mol. The molecule has 3 atom stereocenters. The van der Waals surface area contributed by atoms with Crippen molar-refractivity contribution in [2.75, 3.05) is 6.54 Å². The van der Waals surface area contributed by atoms with Crippen molar-refractivity contribution in [2.24, 2.45) is 0 Å². The molecule has 1 saturated heterocycles. The Hall–Kier alpha value is -1.37. The summed E-state index contributed by atoms with van der Waals surface area (Å²) in [5.74, 6) is -0.0403. The minimum absolute atomic E-state index is 0.0403. The Bertz CT molecular complexity index is 477. The van der Waals surface area contributed by atoms with Crippen molar-refractivity contribution in [2.45, 2.75) is 30.9 Å². The van der Waals surface area contributed by atoms with Gasteiger partial charge in [-0.25, -0.2) is 9.37 Å². The van der Waals surface area contributed by atoms with Crippen LogP contribution in [-0.2, 0) is 6.18 Å². The SMILES string of the molecule is F[C@H]1CN[C@H]2c3ccc(C(F)(F)F)nc3O[C@H]2C1. The minimum atomic E-state index is -4.50. The molecule has 98 valence electrons. The van der Waals surface area contributed by atoms with E-state index in [0.717, 1.165) is 6.07 Å². The first-order valence-corrected chi connectivity index (χ1v) is 5.57. The second-order valence-corrected chi connectivity index (χ2v) is 4.46. The number of rotatable bonds is 0. The molecule has 1 N–H and O–H groups in total. The number of halogens is 4. The summed E-state index contributed by atoms with van der Waals surface area (Å²) in [5.41, 5.74) is -0.420. The maximum atomic E-state index is 13.2. The molecule has 1 fully saturated rings. The Labute approximate surface area is 100 Å². The van der Waals surface area contributed by atoms with Crippen LogP contribution in [0.1, 0.15) is 23.7 Å². The first-order chi connectivity index (χ1) is 8.45. The lowest BCUT2D eigenvalue weighted by atomic mass is 9.97. The molecule has 18 heavy (non-hydrogen) atoms. The maximum Gasteiger partial charge on any atom is 0.433 e. The molecule has 3 rings (SSSR count). The van der Waals surface area contributed by atoms with Crippen LogP contribution in [0.3, 0.4) is 0 Å². The molecule has 0 unspecified atom stereocenters. The third-order valence-electron chi connectivity index (χ3n) is 3.20. The molecule has 0 bridgehead atoms. The second-order valence-electron chi connectivity index (χ2n) is 4.46. The molecule has 1 aromatic heterocycles. The Kier molecular flexibility index (Phi) is 2.48. The lowest BCUT2D eigenvalue weighted by Gasteiger charge is -2.27. The number of nitrogens with one attached hydrogen (secondary N) is 1. The van der Waals surface area contributed by atoms with Crippen molar-refractivity contribution < 1.29 is 22.3 Å². The van der Waals surface area contributed by atoms with E-state index in [4.69, 9.17) is 4.74 Å². The molecular formula is C11H10F4N2O. The Morgan fingerprint density at radius 1 is 1.33 bits per heavy atom. The Morgan fingerprint density at radius 2 is 2.11 bits per heavy atom. The van der Waals surface area contributed by atoms with Gasteiger partial charge in [0.25, 0.3) is 0 Å². The van der Waals surface area contributed by atoms with Crippen LogP contribution in [0.15, 0.2) is 12.1 Å². The third kappa shape index (κ3) is 1.82. The number of hydrogen-bond acceptors (Lipinski definition) is 3. The van der Waals surface area contributed by atoms with E-state index < -0.39 is 24.1 Å². The van der Waals surface area contributed by atoms with Crippen molar-refractivity contribution >= 4 is 0 Å². The van der Waals surface area contributed by atoms with Crippen LogP contribution in [-0.4, -0.2) is 23.8 Å². The van der Waals surface area contributed by atoms with E-state index in [2.05, 4.69) is 10.3 Å². The number of ether oxygens (including phenoxy) is 1. The molecule has 2 aliphatic heterocycles.